The third kappa shape index (κ3) is 1.71. The quantitative estimate of drug-likeness (QED) is 0.886. The number of amides is 1. The average Bonchev–Trinajstić information content (AvgIpc) is 2.73. The predicted octanol–water partition coefficient (Wildman–Crippen LogP) is 3.03. The first kappa shape index (κ1) is 12.6. The highest BCUT2D eigenvalue weighted by molar-refractivity contribution is 5.94. The van der Waals surface area contributed by atoms with E-state index in [2.05, 4.69) is 31.1 Å². The van der Waals surface area contributed by atoms with Gasteiger partial charge in [-0.1, -0.05) is 20.8 Å². The monoisotopic (exact) mass is 258 g/mol. The van der Waals surface area contributed by atoms with Gasteiger partial charge in [0.25, 0.3) is 5.91 Å². The number of nitrogens with zero attached hydrogens (tertiary/aromatic N) is 1. The second kappa shape index (κ2) is 4.06. The molecule has 0 aromatic carbocycles. The van der Waals surface area contributed by atoms with Crippen molar-refractivity contribution in [2.75, 3.05) is 0 Å². The van der Waals surface area contributed by atoms with Crippen molar-refractivity contribution in [3.63, 3.8) is 0 Å². The van der Waals surface area contributed by atoms with E-state index in [0.29, 0.717) is 17.0 Å². The van der Waals surface area contributed by atoms with E-state index in [-0.39, 0.29) is 11.3 Å². The van der Waals surface area contributed by atoms with Crippen LogP contribution in [0, 0.1) is 16.7 Å². The zero-order valence-electron chi connectivity index (χ0n) is 11.9. The number of aromatic nitrogens is 1. The van der Waals surface area contributed by atoms with Crippen LogP contribution in [0.25, 0.3) is 0 Å². The zero-order chi connectivity index (χ0) is 13.7. The average molecular weight is 258 g/mol. The first-order chi connectivity index (χ1) is 8.95. The molecule has 1 aromatic heterocycles. The van der Waals surface area contributed by atoms with Gasteiger partial charge in [0.05, 0.1) is 5.56 Å². The van der Waals surface area contributed by atoms with Crippen molar-refractivity contribution in [1.29, 1.82) is 0 Å². The summed E-state index contributed by atoms with van der Waals surface area (Å²) in [5, 5.41) is 3.24. The fourth-order valence-corrected chi connectivity index (χ4v) is 4.16. The molecule has 0 aliphatic heterocycles. The van der Waals surface area contributed by atoms with Gasteiger partial charge in [-0.15, -0.1) is 0 Å². The standard InChI is InChI=1S/C16H22N2O/c1-15(2)12-6-7-16(15,3)13(9-12)18-14(19)11-5-4-8-17-10-11/h4-5,8,10,12-13H,6-7,9H2,1-3H3,(H,18,19)/t12-,13-,16+/m1/s1. The number of hydrogen-bond donors (Lipinski definition) is 1. The molecule has 2 bridgehead atoms. The molecule has 1 aromatic rings. The van der Waals surface area contributed by atoms with Crippen LogP contribution in [0.2, 0.25) is 0 Å². The third-order valence-electron chi connectivity index (χ3n) is 6.02. The summed E-state index contributed by atoms with van der Waals surface area (Å²) in [4.78, 5) is 16.3. The summed E-state index contributed by atoms with van der Waals surface area (Å²) in [5.41, 5.74) is 1.22. The predicted molar refractivity (Wildman–Crippen MR) is 74.7 cm³/mol. The minimum Gasteiger partial charge on any atom is -0.349 e. The van der Waals surface area contributed by atoms with Gasteiger partial charge in [0.2, 0.25) is 0 Å². The fourth-order valence-electron chi connectivity index (χ4n) is 4.16. The molecule has 102 valence electrons. The van der Waals surface area contributed by atoms with E-state index >= 15 is 0 Å². The van der Waals surface area contributed by atoms with Crippen molar-refractivity contribution >= 4 is 5.91 Å². The fraction of sp³-hybridized carbons (Fsp3) is 0.625. The minimum atomic E-state index is 0.0164. The van der Waals surface area contributed by atoms with Crippen LogP contribution in [-0.2, 0) is 0 Å². The molecule has 3 rings (SSSR count). The van der Waals surface area contributed by atoms with Gasteiger partial charge in [0.15, 0.2) is 0 Å². The van der Waals surface area contributed by atoms with E-state index in [1.165, 1.54) is 12.8 Å². The molecule has 1 N–H and O–H groups in total. The Hall–Kier alpha value is -1.38. The van der Waals surface area contributed by atoms with Crippen LogP contribution in [-0.4, -0.2) is 16.9 Å². The van der Waals surface area contributed by atoms with Crippen LogP contribution < -0.4 is 5.32 Å². The Balaban J connectivity index is 1.78. The molecule has 2 aliphatic carbocycles. The van der Waals surface area contributed by atoms with Crippen LogP contribution >= 0.6 is 0 Å². The molecule has 3 nitrogen and oxygen atoms in total. The molecule has 0 spiro atoms. The van der Waals surface area contributed by atoms with Gasteiger partial charge in [0, 0.05) is 18.4 Å². The van der Waals surface area contributed by atoms with Gasteiger partial charge in [-0.25, -0.2) is 0 Å². The molecule has 2 saturated carbocycles. The number of fused-ring (bicyclic) bond motifs is 2. The largest absolute Gasteiger partial charge is 0.349 e. The summed E-state index contributed by atoms with van der Waals surface area (Å²) in [6, 6.07) is 3.93. The second-order valence-corrected chi connectivity index (χ2v) is 6.88. The second-order valence-electron chi connectivity index (χ2n) is 6.88. The number of carbonyl (C=O) groups excluding carboxylic acids is 1. The van der Waals surface area contributed by atoms with Crippen molar-refractivity contribution in [2.45, 2.75) is 46.1 Å². The van der Waals surface area contributed by atoms with Crippen LogP contribution in [0.5, 0.6) is 0 Å². The summed E-state index contributed by atoms with van der Waals surface area (Å²) >= 11 is 0. The Kier molecular flexibility index (Phi) is 2.70. The summed E-state index contributed by atoms with van der Waals surface area (Å²) < 4.78 is 0. The van der Waals surface area contributed by atoms with Gasteiger partial charge < -0.3 is 5.32 Å². The SMILES string of the molecule is CC1(C)[C@@H]2CC[C@@]1(C)[C@H](NC(=O)c1cccnc1)C2. The molecule has 3 atom stereocenters. The third-order valence-corrected chi connectivity index (χ3v) is 6.02. The lowest BCUT2D eigenvalue weighted by atomic mass is 9.69. The van der Waals surface area contributed by atoms with Crippen LogP contribution in [0.3, 0.4) is 0 Å². The topological polar surface area (TPSA) is 42.0 Å². The van der Waals surface area contributed by atoms with Gasteiger partial charge in [-0.2, -0.15) is 0 Å². The lowest BCUT2D eigenvalue weighted by molar-refractivity contribution is 0.0826. The zero-order valence-corrected chi connectivity index (χ0v) is 11.9. The molecule has 2 fully saturated rings. The lowest BCUT2D eigenvalue weighted by Crippen LogP contribution is -2.46. The normalized spacial score (nSPS) is 35.3. The Morgan fingerprint density at radius 2 is 2.21 bits per heavy atom. The highest BCUT2D eigenvalue weighted by Crippen LogP contribution is 2.65. The molecule has 3 heteroatoms. The number of hydrogen-bond acceptors (Lipinski definition) is 2. The van der Waals surface area contributed by atoms with E-state index in [0.717, 1.165) is 12.3 Å². The van der Waals surface area contributed by atoms with E-state index < -0.39 is 0 Å². The van der Waals surface area contributed by atoms with E-state index in [1.54, 1.807) is 18.5 Å². The molecule has 0 radical (unpaired) electrons. The van der Waals surface area contributed by atoms with E-state index in [1.807, 2.05) is 6.07 Å². The first-order valence-electron chi connectivity index (χ1n) is 7.16. The first-order valence-corrected chi connectivity index (χ1v) is 7.16. The summed E-state index contributed by atoms with van der Waals surface area (Å²) in [6.45, 7) is 7.07. The maximum absolute atomic E-state index is 12.3. The molecule has 2 aliphatic rings. The maximum atomic E-state index is 12.3. The maximum Gasteiger partial charge on any atom is 0.253 e. The molecule has 19 heavy (non-hydrogen) atoms. The summed E-state index contributed by atoms with van der Waals surface area (Å²) in [5.74, 6) is 0.763. The van der Waals surface area contributed by atoms with Gasteiger partial charge >= 0.3 is 0 Å². The van der Waals surface area contributed by atoms with Crippen LogP contribution in [0.4, 0.5) is 0 Å². The molecule has 1 amide bonds. The molecule has 1 heterocycles. The Morgan fingerprint density at radius 3 is 2.74 bits per heavy atom. The molecule has 0 unspecified atom stereocenters. The molecular weight excluding hydrogens is 236 g/mol. The van der Waals surface area contributed by atoms with Crippen molar-refractivity contribution in [2.24, 2.45) is 16.7 Å². The van der Waals surface area contributed by atoms with Crippen molar-refractivity contribution in [3.8, 4) is 0 Å². The molecular formula is C16H22N2O. The Bertz CT molecular complexity index is 497. The van der Waals surface area contributed by atoms with E-state index in [4.69, 9.17) is 0 Å². The van der Waals surface area contributed by atoms with Crippen LogP contribution in [0.15, 0.2) is 24.5 Å². The smallest absolute Gasteiger partial charge is 0.253 e. The van der Waals surface area contributed by atoms with Crippen molar-refractivity contribution in [1.82, 2.24) is 10.3 Å². The van der Waals surface area contributed by atoms with Gasteiger partial charge in [-0.05, 0) is 48.1 Å². The summed E-state index contributed by atoms with van der Waals surface area (Å²) in [6.07, 6.45) is 6.98. The van der Waals surface area contributed by atoms with Crippen molar-refractivity contribution < 1.29 is 4.79 Å². The Labute approximate surface area is 114 Å². The number of pyridine rings is 1. The number of nitrogens with one attached hydrogen (secondary N) is 1. The highest BCUT2D eigenvalue weighted by atomic mass is 16.1. The lowest BCUT2D eigenvalue weighted by Gasteiger charge is -2.39. The number of carbonyl (C=O) groups is 1. The number of rotatable bonds is 2. The van der Waals surface area contributed by atoms with E-state index in [9.17, 15) is 4.79 Å². The van der Waals surface area contributed by atoms with Crippen LogP contribution in [0.1, 0.15) is 50.4 Å². The molecule has 0 saturated heterocycles. The van der Waals surface area contributed by atoms with Gasteiger partial charge in [0.1, 0.15) is 0 Å². The Morgan fingerprint density at radius 1 is 1.42 bits per heavy atom. The highest BCUT2D eigenvalue weighted by Gasteiger charge is 2.61. The van der Waals surface area contributed by atoms with Gasteiger partial charge in [-0.3, -0.25) is 9.78 Å². The minimum absolute atomic E-state index is 0.0164. The van der Waals surface area contributed by atoms with Crippen molar-refractivity contribution in [3.05, 3.63) is 30.1 Å². The summed E-state index contributed by atoms with van der Waals surface area (Å²) in [7, 11) is 0.